The fourth-order valence-electron chi connectivity index (χ4n) is 2.98. The molecule has 96 valence electrons. The quantitative estimate of drug-likeness (QED) is 0.799. The molecule has 18 heavy (non-hydrogen) atoms. The highest BCUT2D eigenvalue weighted by Gasteiger charge is 2.47. The Bertz CT molecular complexity index is 448. The number of benzene rings is 1. The summed E-state index contributed by atoms with van der Waals surface area (Å²) < 4.78 is 0. The van der Waals surface area contributed by atoms with Gasteiger partial charge in [0.15, 0.2) is 0 Å². The van der Waals surface area contributed by atoms with Crippen molar-refractivity contribution in [2.24, 2.45) is 5.92 Å². The highest BCUT2D eigenvalue weighted by molar-refractivity contribution is 5.93. The SMILES string of the molecule is CC1CCCCC12NC(=O)N(c1ccccc1)N2. The molecule has 2 unspecified atom stereocenters. The van der Waals surface area contributed by atoms with Crippen molar-refractivity contribution in [3.63, 3.8) is 0 Å². The standard InChI is InChI=1S/C14H19N3O/c1-11-7-5-6-10-14(11)15-13(18)17(16-14)12-8-3-2-4-9-12/h2-4,8-9,11,16H,5-7,10H2,1H3,(H,15,18). The Morgan fingerprint density at radius 3 is 2.78 bits per heavy atom. The Morgan fingerprint density at radius 1 is 1.28 bits per heavy atom. The number of amides is 2. The second-order valence-corrected chi connectivity index (χ2v) is 5.33. The predicted octanol–water partition coefficient (Wildman–Crippen LogP) is 2.63. The summed E-state index contributed by atoms with van der Waals surface area (Å²) in [6, 6.07) is 9.68. The van der Waals surface area contributed by atoms with Gasteiger partial charge >= 0.3 is 6.03 Å². The summed E-state index contributed by atoms with van der Waals surface area (Å²) in [5.41, 5.74) is 4.04. The first kappa shape index (κ1) is 11.5. The number of hydrogen-bond donors (Lipinski definition) is 2. The van der Waals surface area contributed by atoms with E-state index in [1.54, 1.807) is 5.01 Å². The lowest BCUT2D eigenvalue weighted by molar-refractivity contribution is 0.153. The van der Waals surface area contributed by atoms with Gasteiger partial charge in [-0.3, -0.25) is 0 Å². The third-order valence-corrected chi connectivity index (χ3v) is 4.16. The number of nitrogens with one attached hydrogen (secondary N) is 2. The van der Waals surface area contributed by atoms with E-state index in [2.05, 4.69) is 17.7 Å². The molecule has 0 aromatic heterocycles. The van der Waals surface area contributed by atoms with Crippen LogP contribution in [0.4, 0.5) is 10.5 Å². The van der Waals surface area contributed by atoms with Crippen molar-refractivity contribution in [3.8, 4) is 0 Å². The summed E-state index contributed by atoms with van der Waals surface area (Å²) in [7, 11) is 0. The van der Waals surface area contributed by atoms with Gasteiger partial charge in [0.05, 0.1) is 5.69 Å². The number of anilines is 1. The Kier molecular flexibility index (Phi) is 2.74. The molecule has 2 fully saturated rings. The molecule has 1 heterocycles. The minimum Gasteiger partial charge on any atom is -0.317 e. The molecule has 3 rings (SSSR count). The van der Waals surface area contributed by atoms with Gasteiger partial charge in [-0.25, -0.2) is 15.2 Å². The predicted molar refractivity (Wildman–Crippen MR) is 71.0 cm³/mol. The van der Waals surface area contributed by atoms with Gasteiger partial charge in [-0.2, -0.15) is 0 Å². The molecule has 1 aliphatic carbocycles. The van der Waals surface area contributed by atoms with Crippen LogP contribution in [0.15, 0.2) is 30.3 Å². The normalized spacial score (nSPS) is 31.7. The van der Waals surface area contributed by atoms with E-state index in [0.29, 0.717) is 5.92 Å². The van der Waals surface area contributed by atoms with Crippen molar-refractivity contribution in [2.75, 3.05) is 5.01 Å². The van der Waals surface area contributed by atoms with E-state index in [9.17, 15) is 4.79 Å². The van der Waals surface area contributed by atoms with Crippen LogP contribution in [0.25, 0.3) is 0 Å². The number of rotatable bonds is 1. The molecule has 1 aliphatic heterocycles. The number of carbonyl (C=O) groups excluding carboxylic acids is 1. The zero-order chi connectivity index (χ0) is 12.6. The van der Waals surface area contributed by atoms with E-state index in [1.807, 2.05) is 30.3 Å². The lowest BCUT2D eigenvalue weighted by Crippen LogP contribution is -2.57. The smallest absolute Gasteiger partial charge is 0.317 e. The maximum atomic E-state index is 12.1. The van der Waals surface area contributed by atoms with Gasteiger partial charge in [-0.05, 0) is 37.3 Å². The highest BCUT2D eigenvalue weighted by Crippen LogP contribution is 2.35. The Hall–Kier alpha value is -1.55. The molecular formula is C14H19N3O. The lowest BCUT2D eigenvalue weighted by atomic mass is 9.81. The zero-order valence-electron chi connectivity index (χ0n) is 10.6. The largest absolute Gasteiger partial charge is 0.338 e. The molecule has 1 spiro atoms. The summed E-state index contributed by atoms with van der Waals surface area (Å²) >= 11 is 0. The van der Waals surface area contributed by atoms with Gasteiger partial charge in [-0.15, -0.1) is 0 Å². The second-order valence-electron chi connectivity index (χ2n) is 5.33. The Morgan fingerprint density at radius 2 is 2.06 bits per heavy atom. The van der Waals surface area contributed by atoms with E-state index >= 15 is 0 Å². The number of hydrazine groups is 1. The average molecular weight is 245 g/mol. The van der Waals surface area contributed by atoms with E-state index in [4.69, 9.17) is 0 Å². The van der Waals surface area contributed by atoms with Crippen LogP contribution in [0.5, 0.6) is 0 Å². The summed E-state index contributed by atoms with van der Waals surface area (Å²) in [6.45, 7) is 2.21. The molecular weight excluding hydrogens is 226 g/mol. The van der Waals surface area contributed by atoms with Gasteiger partial charge in [-0.1, -0.05) is 31.5 Å². The molecule has 2 amide bonds. The maximum Gasteiger partial charge on any atom is 0.338 e. The number of carbonyl (C=O) groups is 1. The Labute approximate surface area is 107 Å². The second kappa shape index (κ2) is 4.28. The van der Waals surface area contributed by atoms with Crippen LogP contribution in [0.2, 0.25) is 0 Å². The molecule has 2 N–H and O–H groups in total. The fourth-order valence-corrected chi connectivity index (χ4v) is 2.98. The van der Waals surface area contributed by atoms with Crippen molar-refractivity contribution < 1.29 is 4.79 Å². The maximum absolute atomic E-state index is 12.1. The highest BCUT2D eigenvalue weighted by atomic mass is 16.2. The van der Waals surface area contributed by atoms with Crippen LogP contribution in [-0.4, -0.2) is 11.7 Å². The van der Waals surface area contributed by atoms with Crippen LogP contribution in [-0.2, 0) is 0 Å². The van der Waals surface area contributed by atoms with Crippen LogP contribution >= 0.6 is 0 Å². The van der Waals surface area contributed by atoms with Crippen LogP contribution < -0.4 is 15.8 Å². The van der Waals surface area contributed by atoms with Gasteiger partial charge in [0, 0.05) is 0 Å². The molecule has 1 saturated heterocycles. The first-order chi connectivity index (χ1) is 8.71. The topological polar surface area (TPSA) is 44.4 Å². The van der Waals surface area contributed by atoms with E-state index < -0.39 is 0 Å². The van der Waals surface area contributed by atoms with Crippen molar-refractivity contribution in [1.82, 2.24) is 10.7 Å². The van der Waals surface area contributed by atoms with Gasteiger partial charge < -0.3 is 5.32 Å². The summed E-state index contributed by atoms with van der Waals surface area (Å²) in [4.78, 5) is 12.1. The van der Waals surface area contributed by atoms with Crippen molar-refractivity contribution in [2.45, 2.75) is 38.3 Å². The summed E-state index contributed by atoms with van der Waals surface area (Å²) in [5.74, 6) is 0.462. The van der Waals surface area contributed by atoms with E-state index in [0.717, 1.165) is 18.5 Å². The average Bonchev–Trinajstić information content (AvgIpc) is 2.73. The minimum absolute atomic E-state index is 0.0463. The first-order valence-electron chi connectivity index (χ1n) is 6.66. The lowest BCUT2D eigenvalue weighted by Gasteiger charge is -2.39. The molecule has 4 heteroatoms. The van der Waals surface area contributed by atoms with Crippen molar-refractivity contribution in [3.05, 3.63) is 30.3 Å². The van der Waals surface area contributed by atoms with Crippen molar-refractivity contribution >= 4 is 11.7 Å². The van der Waals surface area contributed by atoms with Gasteiger partial charge in [0.25, 0.3) is 0 Å². The molecule has 2 aliphatic rings. The number of para-hydroxylation sites is 1. The monoisotopic (exact) mass is 245 g/mol. The van der Waals surface area contributed by atoms with Crippen LogP contribution in [0.3, 0.4) is 0 Å². The molecule has 1 saturated carbocycles. The minimum atomic E-state index is -0.245. The van der Waals surface area contributed by atoms with Crippen LogP contribution in [0.1, 0.15) is 32.6 Å². The van der Waals surface area contributed by atoms with E-state index in [1.165, 1.54) is 12.8 Å². The molecule has 0 bridgehead atoms. The van der Waals surface area contributed by atoms with Gasteiger partial charge in [0.1, 0.15) is 5.66 Å². The number of urea groups is 1. The molecule has 4 nitrogen and oxygen atoms in total. The number of hydrogen-bond acceptors (Lipinski definition) is 2. The first-order valence-corrected chi connectivity index (χ1v) is 6.66. The summed E-state index contributed by atoms with van der Waals surface area (Å²) in [6.07, 6.45) is 4.59. The van der Waals surface area contributed by atoms with Gasteiger partial charge in [0.2, 0.25) is 0 Å². The zero-order valence-corrected chi connectivity index (χ0v) is 10.6. The third kappa shape index (κ3) is 1.77. The Balaban J connectivity index is 1.86. The molecule has 1 aromatic carbocycles. The summed E-state index contributed by atoms with van der Waals surface area (Å²) in [5, 5.41) is 4.78. The van der Waals surface area contributed by atoms with Crippen LogP contribution in [0, 0.1) is 5.92 Å². The molecule has 2 atom stereocenters. The fraction of sp³-hybridized carbons (Fsp3) is 0.500. The van der Waals surface area contributed by atoms with E-state index in [-0.39, 0.29) is 11.7 Å². The molecule has 0 radical (unpaired) electrons. The third-order valence-electron chi connectivity index (χ3n) is 4.16. The van der Waals surface area contributed by atoms with Crippen molar-refractivity contribution in [1.29, 1.82) is 0 Å². The molecule has 1 aromatic rings. The number of nitrogens with zero attached hydrogens (tertiary/aromatic N) is 1.